The third-order valence-electron chi connectivity index (χ3n) is 4.45. The summed E-state index contributed by atoms with van der Waals surface area (Å²) in [5.74, 6) is 0. The fraction of sp³-hybridized carbons (Fsp3) is 0.684. The molecule has 1 fully saturated rings. The van der Waals surface area contributed by atoms with Gasteiger partial charge >= 0.3 is 0 Å². The summed E-state index contributed by atoms with van der Waals surface area (Å²) in [6.07, 6.45) is 9.12. The van der Waals surface area contributed by atoms with Gasteiger partial charge in [-0.05, 0) is 64.0 Å². The Bertz CT molecular complexity index is 381. The summed E-state index contributed by atoms with van der Waals surface area (Å²) >= 11 is 0. The van der Waals surface area contributed by atoms with Gasteiger partial charge < -0.3 is 10.1 Å². The molecule has 0 bridgehead atoms. The standard InChI is InChI=1S/C19H31NO/c1-3-14-20-18(12-13-19-5-4-15-21-19)11-10-17-8-6-16(2)7-9-17/h6-9,18-20H,3-5,10-15H2,1-2H3. The predicted octanol–water partition coefficient (Wildman–Crippen LogP) is 4.26. The molecule has 0 aromatic heterocycles. The first kappa shape index (κ1) is 16.5. The lowest BCUT2D eigenvalue weighted by Gasteiger charge is -2.20. The number of rotatable bonds is 9. The molecule has 2 heteroatoms. The highest BCUT2D eigenvalue weighted by Gasteiger charge is 2.17. The zero-order valence-corrected chi connectivity index (χ0v) is 13.7. The van der Waals surface area contributed by atoms with Gasteiger partial charge in [0.25, 0.3) is 0 Å². The highest BCUT2D eigenvalue weighted by atomic mass is 16.5. The molecule has 0 amide bonds. The van der Waals surface area contributed by atoms with Crippen LogP contribution >= 0.6 is 0 Å². The Labute approximate surface area is 130 Å². The quantitative estimate of drug-likeness (QED) is 0.733. The average molecular weight is 289 g/mol. The summed E-state index contributed by atoms with van der Waals surface area (Å²) in [5.41, 5.74) is 2.80. The fourth-order valence-electron chi connectivity index (χ4n) is 3.05. The van der Waals surface area contributed by atoms with Crippen molar-refractivity contribution in [2.24, 2.45) is 0 Å². The molecule has 1 saturated heterocycles. The number of benzene rings is 1. The number of hydrogen-bond acceptors (Lipinski definition) is 2. The summed E-state index contributed by atoms with van der Waals surface area (Å²) < 4.78 is 5.76. The molecule has 1 aromatic carbocycles. The van der Waals surface area contributed by atoms with Crippen LogP contribution in [0.25, 0.3) is 0 Å². The van der Waals surface area contributed by atoms with Gasteiger partial charge in [-0.15, -0.1) is 0 Å². The SMILES string of the molecule is CCCNC(CCc1ccc(C)cc1)CCC1CCCO1. The van der Waals surface area contributed by atoms with E-state index in [0.29, 0.717) is 12.1 Å². The van der Waals surface area contributed by atoms with Crippen LogP contribution in [0.5, 0.6) is 0 Å². The number of aryl methyl sites for hydroxylation is 2. The van der Waals surface area contributed by atoms with Crippen molar-refractivity contribution in [3.8, 4) is 0 Å². The average Bonchev–Trinajstić information content (AvgIpc) is 3.01. The largest absolute Gasteiger partial charge is 0.378 e. The molecule has 0 saturated carbocycles. The van der Waals surface area contributed by atoms with Crippen molar-refractivity contribution in [1.82, 2.24) is 5.32 Å². The van der Waals surface area contributed by atoms with Crippen molar-refractivity contribution in [3.05, 3.63) is 35.4 Å². The smallest absolute Gasteiger partial charge is 0.0576 e. The molecule has 0 radical (unpaired) electrons. The maximum absolute atomic E-state index is 5.76. The Hall–Kier alpha value is -0.860. The second kappa shape index (κ2) is 9.22. The van der Waals surface area contributed by atoms with Gasteiger partial charge in [-0.1, -0.05) is 36.8 Å². The topological polar surface area (TPSA) is 21.3 Å². The number of nitrogens with one attached hydrogen (secondary N) is 1. The van der Waals surface area contributed by atoms with Gasteiger partial charge in [0.05, 0.1) is 6.10 Å². The molecular formula is C19H31NO. The van der Waals surface area contributed by atoms with E-state index in [0.717, 1.165) is 13.2 Å². The Morgan fingerprint density at radius 1 is 1.24 bits per heavy atom. The van der Waals surface area contributed by atoms with Crippen molar-refractivity contribution in [2.45, 2.75) is 70.9 Å². The predicted molar refractivity (Wildman–Crippen MR) is 89.8 cm³/mol. The fourth-order valence-corrected chi connectivity index (χ4v) is 3.05. The Kier molecular flexibility index (Phi) is 7.25. The zero-order chi connectivity index (χ0) is 14.9. The van der Waals surface area contributed by atoms with Gasteiger partial charge in [0.2, 0.25) is 0 Å². The normalized spacial score (nSPS) is 19.8. The van der Waals surface area contributed by atoms with E-state index in [9.17, 15) is 0 Å². The highest BCUT2D eigenvalue weighted by molar-refractivity contribution is 5.21. The van der Waals surface area contributed by atoms with E-state index in [2.05, 4.69) is 43.4 Å². The van der Waals surface area contributed by atoms with E-state index < -0.39 is 0 Å². The van der Waals surface area contributed by atoms with Crippen LogP contribution in [0.3, 0.4) is 0 Å². The molecular weight excluding hydrogens is 258 g/mol. The summed E-state index contributed by atoms with van der Waals surface area (Å²) in [6, 6.07) is 9.61. The van der Waals surface area contributed by atoms with E-state index in [1.165, 1.54) is 56.1 Å². The van der Waals surface area contributed by atoms with E-state index in [1.807, 2.05) is 0 Å². The van der Waals surface area contributed by atoms with Crippen LogP contribution in [0.1, 0.15) is 56.6 Å². The second-order valence-electron chi connectivity index (χ2n) is 6.39. The number of ether oxygens (including phenoxy) is 1. The van der Waals surface area contributed by atoms with Crippen LogP contribution in [-0.2, 0) is 11.2 Å². The van der Waals surface area contributed by atoms with Crippen LogP contribution in [0.15, 0.2) is 24.3 Å². The number of hydrogen-bond donors (Lipinski definition) is 1. The molecule has 2 rings (SSSR count). The maximum Gasteiger partial charge on any atom is 0.0576 e. The lowest BCUT2D eigenvalue weighted by Crippen LogP contribution is -2.31. The third kappa shape index (κ3) is 6.19. The van der Waals surface area contributed by atoms with Crippen LogP contribution in [0.2, 0.25) is 0 Å². The molecule has 118 valence electrons. The van der Waals surface area contributed by atoms with Crippen molar-refractivity contribution in [3.63, 3.8) is 0 Å². The summed E-state index contributed by atoms with van der Waals surface area (Å²) in [4.78, 5) is 0. The molecule has 1 N–H and O–H groups in total. The minimum absolute atomic E-state index is 0.523. The molecule has 0 aliphatic carbocycles. The van der Waals surface area contributed by atoms with Crippen molar-refractivity contribution >= 4 is 0 Å². The Morgan fingerprint density at radius 3 is 2.71 bits per heavy atom. The minimum atomic E-state index is 0.523. The van der Waals surface area contributed by atoms with Gasteiger partial charge in [0, 0.05) is 12.6 Å². The summed E-state index contributed by atoms with van der Waals surface area (Å²) in [5, 5.41) is 3.72. The van der Waals surface area contributed by atoms with Gasteiger partial charge in [-0.2, -0.15) is 0 Å². The van der Waals surface area contributed by atoms with Crippen LogP contribution in [-0.4, -0.2) is 25.3 Å². The zero-order valence-electron chi connectivity index (χ0n) is 13.7. The molecule has 1 aliphatic heterocycles. The first-order valence-corrected chi connectivity index (χ1v) is 8.68. The lowest BCUT2D eigenvalue weighted by molar-refractivity contribution is 0.0993. The Balaban J connectivity index is 1.75. The van der Waals surface area contributed by atoms with Gasteiger partial charge in [0.15, 0.2) is 0 Å². The summed E-state index contributed by atoms with van der Waals surface area (Å²) in [7, 11) is 0. The van der Waals surface area contributed by atoms with Gasteiger partial charge in [-0.25, -0.2) is 0 Å². The van der Waals surface area contributed by atoms with Crippen molar-refractivity contribution in [1.29, 1.82) is 0 Å². The van der Waals surface area contributed by atoms with Crippen LogP contribution in [0, 0.1) is 6.92 Å². The minimum Gasteiger partial charge on any atom is -0.378 e. The van der Waals surface area contributed by atoms with Crippen LogP contribution < -0.4 is 5.32 Å². The Morgan fingerprint density at radius 2 is 2.05 bits per heavy atom. The van der Waals surface area contributed by atoms with E-state index in [4.69, 9.17) is 4.74 Å². The molecule has 2 unspecified atom stereocenters. The highest BCUT2D eigenvalue weighted by Crippen LogP contribution is 2.19. The van der Waals surface area contributed by atoms with E-state index >= 15 is 0 Å². The second-order valence-corrected chi connectivity index (χ2v) is 6.39. The lowest BCUT2D eigenvalue weighted by atomic mass is 9.99. The van der Waals surface area contributed by atoms with Crippen molar-refractivity contribution in [2.75, 3.05) is 13.2 Å². The van der Waals surface area contributed by atoms with E-state index in [1.54, 1.807) is 0 Å². The molecule has 2 nitrogen and oxygen atoms in total. The summed E-state index contributed by atoms with van der Waals surface area (Å²) in [6.45, 7) is 6.49. The maximum atomic E-state index is 5.76. The molecule has 2 atom stereocenters. The van der Waals surface area contributed by atoms with E-state index in [-0.39, 0.29) is 0 Å². The molecule has 21 heavy (non-hydrogen) atoms. The molecule has 0 spiro atoms. The van der Waals surface area contributed by atoms with Gasteiger partial charge in [0.1, 0.15) is 0 Å². The van der Waals surface area contributed by atoms with Gasteiger partial charge in [-0.3, -0.25) is 0 Å². The monoisotopic (exact) mass is 289 g/mol. The van der Waals surface area contributed by atoms with Crippen molar-refractivity contribution < 1.29 is 4.74 Å². The van der Waals surface area contributed by atoms with Crippen LogP contribution in [0.4, 0.5) is 0 Å². The molecule has 1 aliphatic rings. The first-order chi connectivity index (χ1) is 10.3. The third-order valence-corrected chi connectivity index (χ3v) is 4.45. The first-order valence-electron chi connectivity index (χ1n) is 8.68. The molecule has 1 aromatic rings. The molecule has 1 heterocycles.